The van der Waals surface area contributed by atoms with Gasteiger partial charge < -0.3 is 4.90 Å². The molecule has 0 unspecified atom stereocenters. The number of rotatable bonds is 4. The molecule has 6 nitrogen and oxygen atoms in total. The van der Waals surface area contributed by atoms with Crippen molar-refractivity contribution in [1.29, 1.82) is 0 Å². The fraction of sp³-hybridized carbons (Fsp3) is 0.214. The second kappa shape index (κ2) is 6.01. The summed E-state index contributed by atoms with van der Waals surface area (Å²) in [7, 11) is 0. The van der Waals surface area contributed by atoms with Gasteiger partial charge in [0.25, 0.3) is 5.56 Å². The molecule has 0 spiro atoms. The van der Waals surface area contributed by atoms with Crippen LogP contribution in [0.1, 0.15) is 6.92 Å². The Labute approximate surface area is 115 Å². The maximum atomic E-state index is 12.3. The quantitative estimate of drug-likeness (QED) is 0.886. The number of benzene rings is 1. The molecule has 6 heteroatoms. The number of nitrogens with zero attached hydrogens (tertiary/aromatic N) is 2. The number of nitrogens with one attached hydrogen (secondary N) is 1. The molecule has 0 fully saturated rings. The standard InChI is InChI=1S/C14H15N3O3/c1-2-17(11-6-4-3-5-7-11)13(19)10-16-9-8-12(18)15-14(16)20/h3-9H,2,10H2,1H3,(H,15,18,20). The van der Waals surface area contributed by atoms with Crippen molar-refractivity contribution in [3.8, 4) is 0 Å². The molecular formula is C14H15N3O3. The molecule has 104 valence electrons. The number of aromatic nitrogens is 2. The Bertz CT molecular complexity index is 703. The minimum Gasteiger partial charge on any atom is -0.311 e. The monoisotopic (exact) mass is 273 g/mol. The molecule has 0 atom stereocenters. The van der Waals surface area contributed by atoms with E-state index in [1.165, 1.54) is 16.8 Å². The minimum atomic E-state index is -0.588. The van der Waals surface area contributed by atoms with Crippen LogP contribution in [0.2, 0.25) is 0 Å². The van der Waals surface area contributed by atoms with E-state index in [1.54, 1.807) is 4.90 Å². The van der Waals surface area contributed by atoms with Crippen LogP contribution in [-0.2, 0) is 11.3 Å². The molecule has 1 aromatic carbocycles. The number of hydrogen-bond acceptors (Lipinski definition) is 3. The van der Waals surface area contributed by atoms with Crippen LogP contribution < -0.4 is 16.1 Å². The molecular weight excluding hydrogens is 258 g/mol. The molecule has 0 saturated heterocycles. The Hall–Kier alpha value is -2.63. The summed E-state index contributed by atoms with van der Waals surface area (Å²) in [5.41, 5.74) is -0.290. The van der Waals surface area contributed by atoms with Crippen LogP contribution in [0.4, 0.5) is 5.69 Å². The van der Waals surface area contributed by atoms with Gasteiger partial charge in [0.05, 0.1) is 0 Å². The van der Waals surface area contributed by atoms with Gasteiger partial charge in [-0.3, -0.25) is 19.1 Å². The van der Waals surface area contributed by atoms with Crippen LogP contribution in [-0.4, -0.2) is 22.0 Å². The summed E-state index contributed by atoms with van der Waals surface area (Å²) >= 11 is 0. The minimum absolute atomic E-state index is 0.113. The topological polar surface area (TPSA) is 75.2 Å². The SMILES string of the molecule is CCN(C(=O)Cn1ccc(=O)[nH]c1=O)c1ccccc1. The number of carbonyl (C=O) groups excluding carboxylic acids is 1. The number of carbonyl (C=O) groups is 1. The van der Waals surface area contributed by atoms with Crippen LogP contribution in [0.3, 0.4) is 0 Å². The predicted molar refractivity (Wildman–Crippen MR) is 75.8 cm³/mol. The van der Waals surface area contributed by atoms with E-state index in [2.05, 4.69) is 4.98 Å². The van der Waals surface area contributed by atoms with Crippen LogP contribution in [0.25, 0.3) is 0 Å². The first-order chi connectivity index (χ1) is 9.61. The molecule has 2 aromatic rings. The van der Waals surface area contributed by atoms with Crippen molar-refractivity contribution in [2.45, 2.75) is 13.5 Å². The highest BCUT2D eigenvalue weighted by molar-refractivity contribution is 5.93. The molecule has 2 rings (SSSR count). The summed E-state index contributed by atoms with van der Waals surface area (Å²) in [6, 6.07) is 10.4. The fourth-order valence-electron chi connectivity index (χ4n) is 1.91. The lowest BCUT2D eigenvalue weighted by Crippen LogP contribution is -2.38. The summed E-state index contributed by atoms with van der Waals surface area (Å²) in [5, 5.41) is 0. The molecule has 0 saturated carbocycles. The Morgan fingerprint density at radius 1 is 1.20 bits per heavy atom. The third-order valence-corrected chi connectivity index (χ3v) is 2.89. The van der Waals surface area contributed by atoms with Gasteiger partial charge in [0.2, 0.25) is 5.91 Å². The van der Waals surface area contributed by atoms with Crippen molar-refractivity contribution in [3.63, 3.8) is 0 Å². The third kappa shape index (κ3) is 3.03. The fourth-order valence-corrected chi connectivity index (χ4v) is 1.91. The van der Waals surface area contributed by atoms with E-state index >= 15 is 0 Å². The van der Waals surface area contributed by atoms with Gasteiger partial charge in [0.1, 0.15) is 6.54 Å². The summed E-state index contributed by atoms with van der Waals surface area (Å²) in [5.74, 6) is -0.215. The molecule has 0 aliphatic rings. The van der Waals surface area contributed by atoms with E-state index in [1.807, 2.05) is 37.3 Å². The average Bonchev–Trinajstić information content (AvgIpc) is 2.44. The largest absolute Gasteiger partial charge is 0.328 e. The van der Waals surface area contributed by atoms with Gasteiger partial charge in [-0.15, -0.1) is 0 Å². The molecule has 20 heavy (non-hydrogen) atoms. The smallest absolute Gasteiger partial charge is 0.311 e. The van der Waals surface area contributed by atoms with Crippen molar-refractivity contribution in [3.05, 3.63) is 63.4 Å². The zero-order valence-corrected chi connectivity index (χ0v) is 11.1. The number of H-pyrrole nitrogens is 1. The second-order valence-corrected chi connectivity index (χ2v) is 4.21. The van der Waals surface area contributed by atoms with E-state index in [9.17, 15) is 14.4 Å². The Kier molecular flexibility index (Phi) is 4.14. The van der Waals surface area contributed by atoms with Crippen molar-refractivity contribution in [2.75, 3.05) is 11.4 Å². The van der Waals surface area contributed by atoms with E-state index in [0.717, 1.165) is 5.69 Å². The third-order valence-electron chi connectivity index (χ3n) is 2.89. The van der Waals surface area contributed by atoms with E-state index < -0.39 is 11.2 Å². The first-order valence-corrected chi connectivity index (χ1v) is 6.27. The van der Waals surface area contributed by atoms with Crippen molar-refractivity contribution in [2.24, 2.45) is 0 Å². The Morgan fingerprint density at radius 3 is 2.50 bits per heavy atom. The predicted octanol–water partition coefficient (Wildman–Crippen LogP) is 0.590. The lowest BCUT2D eigenvalue weighted by Gasteiger charge is -2.21. The summed E-state index contributed by atoms with van der Waals surface area (Å²) in [4.78, 5) is 38.5. The summed E-state index contributed by atoms with van der Waals surface area (Å²) in [6.45, 7) is 2.25. The number of para-hydroxylation sites is 1. The molecule has 0 bridgehead atoms. The number of aromatic amines is 1. The van der Waals surface area contributed by atoms with Gasteiger partial charge in [0.15, 0.2) is 0 Å². The first-order valence-electron chi connectivity index (χ1n) is 6.27. The molecule has 0 aliphatic heterocycles. The first kappa shape index (κ1) is 13.8. The number of amides is 1. The van der Waals surface area contributed by atoms with Gasteiger partial charge in [-0.2, -0.15) is 0 Å². The highest BCUT2D eigenvalue weighted by Gasteiger charge is 2.14. The van der Waals surface area contributed by atoms with Gasteiger partial charge in [-0.25, -0.2) is 4.79 Å². The maximum absolute atomic E-state index is 12.3. The molecule has 0 radical (unpaired) electrons. The highest BCUT2D eigenvalue weighted by Crippen LogP contribution is 2.13. The van der Waals surface area contributed by atoms with Crippen LogP contribution in [0, 0.1) is 0 Å². The van der Waals surface area contributed by atoms with E-state index in [4.69, 9.17) is 0 Å². The summed E-state index contributed by atoms with van der Waals surface area (Å²) in [6.07, 6.45) is 1.32. The molecule has 1 amide bonds. The van der Waals surface area contributed by atoms with Crippen molar-refractivity contribution < 1.29 is 4.79 Å². The number of likely N-dealkylation sites (N-methyl/N-ethyl adjacent to an activating group) is 1. The zero-order valence-electron chi connectivity index (χ0n) is 11.1. The molecule has 0 aliphatic carbocycles. The van der Waals surface area contributed by atoms with Crippen LogP contribution >= 0.6 is 0 Å². The zero-order chi connectivity index (χ0) is 14.5. The summed E-state index contributed by atoms with van der Waals surface area (Å²) < 4.78 is 1.18. The maximum Gasteiger partial charge on any atom is 0.328 e. The number of anilines is 1. The van der Waals surface area contributed by atoms with Gasteiger partial charge in [-0.05, 0) is 19.1 Å². The van der Waals surface area contributed by atoms with Crippen LogP contribution in [0.15, 0.2) is 52.2 Å². The lowest BCUT2D eigenvalue weighted by atomic mass is 10.3. The molecule has 1 heterocycles. The van der Waals surface area contributed by atoms with Gasteiger partial charge >= 0.3 is 5.69 Å². The lowest BCUT2D eigenvalue weighted by molar-refractivity contribution is -0.119. The number of hydrogen-bond donors (Lipinski definition) is 1. The molecule has 1 aromatic heterocycles. The Morgan fingerprint density at radius 2 is 1.90 bits per heavy atom. The average molecular weight is 273 g/mol. The second-order valence-electron chi connectivity index (χ2n) is 4.21. The highest BCUT2D eigenvalue weighted by atomic mass is 16.2. The van der Waals surface area contributed by atoms with E-state index in [-0.39, 0.29) is 12.5 Å². The van der Waals surface area contributed by atoms with Gasteiger partial charge in [0, 0.05) is 24.5 Å². The van der Waals surface area contributed by atoms with E-state index in [0.29, 0.717) is 6.54 Å². The van der Waals surface area contributed by atoms with Gasteiger partial charge in [-0.1, -0.05) is 18.2 Å². The normalized spacial score (nSPS) is 10.2. The van der Waals surface area contributed by atoms with Crippen molar-refractivity contribution in [1.82, 2.24) is 9.55 Å². The molecule has 1 N–H and O–H groups in total. The Balaban J connectivity index is 2.22. The van der Waals surface area contributed by atoms with Crippen LogP contribution in [0.5, 0.6) is 0 Å². The van der Waals surface area contributed by atoms with Crippen molar-refractivity contribution >= 4 is 11.6 Å².